The summed E-state index contributed by atoms with van der Waals surface area (Å²) >= 11 is 0. The summed E-state index contributed by atoms with van der Waals surface area (Å²) in [6, 6.07) is 3.01. The molecule has 0 aliphatic carbocycles. The van der Waals surface area contributed by atoms with Crippen molar-refractivity contribution in [1.29, 1.82) is 0 Å². The summed E-state index contributed by atoms with van der Waals surface area (Å²) in [5.41, 5.74) is 0.907. The van der Waals surface area contributed by atoms with Gasteiger partial charge < -0.3 is 14.6 Å². The Hall–Kier alpha value is -1.70. The lowest BCUT2D eigenvalue weighted by Crippen LogP contribution is -2.17. The normalized spacial score (nSPS) is 25.1. The number of methoxy groups -OCH3 is 1. The molecule has 2 heterocycles. The molecule has 4 atom stereocenters. The van der Waals surface area contributed by atoms with E-state index in [4.69, 9.17) is 14.2 Å². The van der Waals surface area contributed by atoms with Gasteiger partial charge in [0.2, 0.25) is 0 Å². The third-order valence-corrected chi connectivity index (χ3v) is 3.65. The van der Waals surface area contributed by atoms with Crippen LogP contribution in [0.5, 0.6) is 0 Å². The first-order chi connectivity index (χ1) is 10.5. The van der Waals surface area contributed by atoms with Crippen molar-refractivity contribution in [3.63, 3.8) is 0 Å². The van der Waals surface area contributed by atoms with Crippen LogP contribution >= 0.6 is 8.25 Å². The molecule has 118 valence electrons. The van der Waals surface area contributed by atoms with Crippen LogP contribution in [0.1, 0.15) is 22.2 Å². The highest BCUT2D eigenvalue weighted by molar-refractivity contribution is 7.32. The van der Waals surface area contributed by atoms with Gasteiger partial charge in [-0.1, -0.05) is 6.58 Å². The minimum atomic E-state index is -2.88. The maximum absolute atomic E-state index is 11.5. The minimum absolute atomic E-state index is 0.0637. The Bertz CT molecular complexity index is 606. The Morgan fingerprint density at radius 2 is 2.32 bits per heavy atom. The Kier molecular flexibility index (Phi) is 5.33. The van der Waals surface area contributed by atoms with E-state index < -0.39 is 32.5 Å². The minimum Gasteiger partial charge on any atom is -0.464 e. The lowest BCUT2D eigenvalue weighted by molar-refractivity contribution is -0.00519. The number of hydrogen-bond acceptors (Lipinski definition) is 7. The molecule has 0 aromatic carbocycles. The number of pyridine rings is 1. The van der Waals surface area contributed by atoms with Crippen LogP contribution in [0.3, 0.4) is 0 Å². The van der Waals surface area contributed by atoms with E-state index in [1.165, 1.54) is 19.4 Å². The van der Waals surface area contributed by atoms with E-state index in [1.807, 2.05) is 0 Å². The number of rotatable bonds is 5. The second-order valence-corrected chi connectivity index (χ2v) is 5.22. The van der Waals surface area contributed by atoms with E-state index in [1.54, 1.807) is 6.07 Å². The van der Waals surface area contributed by atoms with E-state index in [0.717, 1.165) is 0 Å². The number of nitrogens with zero attached hydrogens (tertiary/aromatic N) is 1. The molecule has 0 bridgehead atoms. The van der Waals surface area contributed by atoms with E-state index >= 15 is 0 Å². The molecule has 8 nitrogen and oxygen atoms in total. The number of carbonyl (C=O) groups is 1. The fourth-order valence-electron chi connectivity index (χ4n) is 2.19. The van der Waals surface area contributed by atoms with Gasteiger partial charge in [-0.15, -0.1) is 9.42 Å². The first-order valence-corrected chi connectivity index (χ1v) is 7.43. The van der Waals surface area contributed by atoms with Gasteiger partial charge in [-0.25, -0.2) is 9.78 Å². The van der Waals surface area contributed by atoms with E-state index in [0.29, 0.717) is 11.1 Å². The highest BCUT2D eigenvalue weighted by atomic mass is 31.1. The molecule has 0 radical (unpaired) electrons. The van der Waals surface area contributed by atoms with Gasteiger partial charge in [-0.2, -0.15) is 0 Å². The zero-order valence-electron chi connectivity index (χ0n) is 11.7. The van der Waals surface area contributed by atoms with Crippen LogP contribution in [-0.4, -0.2) is 46.9 Å². The molecule has 0 spiro atoms. The SMILES string of the molecule is C=C1[C@@H](O[P+](=O)O)[C@H](c2ccnc(C(=O)OC)c2)O[C@@H]1CO. The fourth-order valence-corrected chi connectivity index (χ4v) is 2.63. The Morgan fingerprint density at radius 1 is 1.59 bits per heavy atom. The van der Waals surface area contributed by atoms with Crippen LogP contribution < -0.4 is 0 Å². The molecule has 1 unspecified atom stereocenters. The third kappa shape index (κ3) is 3.37. The highest BCUT2D eigenvalue weighted by Crippen LogP contribution is 2.41. The average molecular weight is 328 g/mol. The number of aromatic nitrogens is 1. The van der Waals surface area contributed by atoms with Gasteiger partial charge in [0.15, 0.2) is 6.10 Å². The molecule has 2 N–H and O–H groups in total. The molecule has 1 aliphatic rings. The summed E-state index contributed by atoms with van der Waals surface area (Å²) in [6.07, 6.45) is -1.05. The second-order valence-electron chi connectivity index (χ2n) is 4.53. The fraction of sp³-hybridized carbons (Fsp3) is 0.385. The average Bonchev–Trinajstić information content (AvgIpc) is 2.82. The predicted octanol–water partition coefficient (Wildman–Crippen LogP) is 0.891. The lowest BCUT2D eigenvalue weighted by Gasteiger charge is -2.14. The van der Waals surface area contributed by atoms with Gasteiger partial charge in [0.05, 0.1) is 13.7 Å². The highest BCUT2D eigenvalue weighted by Gasteiger charge is 2.45. The van der Waals surface area contributed by atoms with Crippen LogP contribution in [0.4, 0.5) is 0 Å². The van der Waals surface area contributed by atoms with Crippen molar-refractivity contribution in [2.75, 3.05) is 13.7 Å². The van der Waals surface area contributed by atoms with Crippen LogP contribution in [0.2, 0.25) is 0 Å². The van der Waals surface area contributed by atoms with Crippen LogP contribution in [0, 0.1) is 0 Å². The van der Waals surface area contributed by atoms with Gasteiger partial charge in [-0.05, 0) is 23.3 Å². The van der Waals surface area contributed by atoms with Crippen molar-refractivity contribution in [3.05, 3.63) is 41.7 Å². The second kappa shape index (κ2) is 7.04. The van der Waals surface area contributed by atoms with Gasteiger partial charge in [-0.3, -0.25) is 0 Å². The van der Waals surface area contributed by atoms with Crippen molar-refractivity contribution in [1.82, 2.24) is 4.98 Å². The summed E-state index contributed by atoms with van der Waals surface area (Å²) in [4.78, 5) is 24.4. The number of ether oxygens (including phenoxy) is 2. The van der Waals surface area contributed by atoms with Crippen molar-refractivity contribution < 1.29 is 33.4 Å². The van der Waals surface area contributed by atoms with Crippen molar-refractivity contribution in [2.24, 2.45) is 0 Å². The number of aliphatic hydroxyl groups is 1. The molecule has 22 heavy (non-hydrogen) atoms. The number of esters is 1. The van der Waals surface area contributed by atoms with Crippen molar-refractivity contribution in [3.8, 4) is 0 Å². The van der Waals surface area contributed by atoms with E-state index in [9.17, 15) is 14.5 Å². The summed E-state index contributed by atoms with van der Waals surface area (Å²) in [6.45, 7) is 3.39. The first kappa shape index (κ1) is 16.7. The van der Waals surface area contributed by atoms with E-state index in [2.05, 4.69) is 16.3 Å². The van der Waals surface area contributed by atoms with Gasteiger partial charge in [0.1, 0.15) is 17.9 Å². The topological polar surface area (TPSA) is 115 Å². The summed E-state index contributed by atoms with van der Waals surface area (Å²) in [5, 5.41) is 9.27. The largest absolute Gasteiger partial charge is 0.695 e. The molecule has 1 aromatic heterocycles. The van der Waals surface area contributed by atoms with Gasteiger partial charge in [0, 0.05) is 10.8 Å². The first-order valence-electron chi connectivity index (χ1n) is 6.30. The quantitative estimate of drug-likeness (QED) is 0.465. The van der Waals surface area contributed by atoms with Gasteiger partial charge in [0.25, 0.3) is 0 Å². The third-order valence-electron chi connectivity index (χ3n) is 3.24. The summed E-state index contributed by atoms with van der Waals surface area (Å²) in [7, 11) is -1.65. The zero-order valence-corrected chi connectivity index (χ0v) is 12.6. The monoisotopic (exact) mass is 328 g/mol. The number of hydrogen-bond donors (Lipinski definition) is 2. The Morgan fingerprint density at radius 3 is 2.91 bits per heavy atom. The van der Waals surface area contributed by atoms with Crippen molar-refractivity contribution >= 4 is 14.2 Å². The van der Waals surface area contributed by atoms with E-state index in [-0.39, 0.29) is 12.3 Å². The zero-order chi connectivity index (χ0) is 16.3. The van der Waals surface area contributed by atoms with Crippen LogP contribution in [0.15, 0.2) is 30.5 Å². The standard InChI is InChI=1S/C13H14NO7P/c1-7-10(6-15)20-12(11(7)21-22(17)18)8-3-4-14-9(5-8)13(16)19-2/h3-5,10-12,15H,1,6H2,2H3/p+1/t10-,11-,12+/m1/s1. The Balaban J connectivity index is 2.34. The molecule has 0 saturated carbocycles. The summed E-state index contributed by atoms with van der Waals surface area (Å²) < 4.78 is 26.1. The maximum atomic E-state index is 11.5. The molecule has 1 fully saturated rings. The molecule has 0 amide bonds. The molecule has 9 heteroatoms. The molecule has 1 saturated heterocycles. The predicted molar refractivity (Wildman–Crippen MR) is 74.1 cm³/mol. The van der Waals surface area contributed by atoms with Gasteiger partial charge >= 0.3 is 14.2 Å². The summed E-state index contributed by atoms with van der Waals surface area (Å²) in [5.74, 6) is -0.622. The molecular formula is C13H15NO7P+. The molecular weight excluding hydrogens is 313 g/mol. The van der Waals surface area contributed by atoms with Crippen LogP contribution in [0.25, 0.3) is 0 Å². The molecule has 1 aromatic rings. The lowest BCUT2D eigenvalue weighted by atomic mass is 10.0. The molecule has 1 aliphatic heterocycles. The molecule has 2 rings (SSSR count). The number of aliphatic hydroxyl groups excluding tert-OH is 1. The smallest absolute Gasteiger partial charge is 0.464 e. The Labute approximate surface area is 127 Å². The van der Waals surface area contributed by atoms with Crippen LogP contribution in [-0.2, 0) is 18.6 Å². The van der Waals surface area contributed by atoms with Crippen molar-refractivity contribution in [2.45, 2.75) is 18.3 Å². The maximum Gasteiger partial charge on any atom is 0.695 e. The number of carbonyl (C=O) groups excluding carboxylic acids is 1.